The lowest BCUT2D eigenvalue weighted by Crippen LogP contribution is -2.17. The molecule has 47 heavy (non-hydrogen) atoms. The molecule has 0 bridgehead atoms. The molecule has 2 fully saturated rings. The zero-order chi connectivity index (χ0) is 33.1. The largest absolute Gasteiger partial charge is 0.454 e. The van der Waals surface area contributed by atoms with Crippen LogP contribution in [0.15, 0.2) is 24.5 Å². The molecule has 3 heteroatoms. The van der Waals surface area contributed by atoms with E-state index in [-0.39, 0.29) is 0 Å². The Hall–Kier alpha value is -1.90. The Morgan fingerprint density at radius 3 is 1.26 bits per heavy atom. The highest BCUT2D eigenvalue weighted by Crippen LogP contribution is 2.37. The van der Waals surface area contributed by atoms with Gasteiger partial charge in [0.05, 0.1) is 12.4 Å². The summed E-state index contributed by atoms with van der Waals surface area (Å²) in [4.78, 5) is 10.2. The molecule has 2 heterocycles. The minimum atomic E-state index is 0.788. The molecule has 0 atom stereocenters. The third-order valence-corrected chi connectivity index (χ3v) is 11.7. The molecule has 0 spiro atoms. The van der Waals surface area contributed by atoms with Crippen LogP contribution in [0.4, 0.5) is 0 Å². The van der Waals surface area contributed by atoms with Gasteiger partial charge in [0.15, 0.2) is 0 Å². The average molecular weight is 645 g/mol. The van der Waals surface area contributed by atoms with Crippen LogP contribution in [0.2, 0.25) is 0 Å². The fraction of sp³-hybridized carbons (Fsp3) is 0.773. The van der Waals surface area contributed by atoms with Crippen molar-refractivity contribution in [3.05, 3.63) is 47.0 Å². The van der Waals surface area contributed by atoms with Crippen molar-refractivity contribution in [2.24, 2.45) is 23.7 Å². The first-order chi connectivity index (χ1) is 23.1. The van der Waals surface area contributed by atoms with Gasteiger partial charge in [-0.2, -0.15) is 0 Å². The van der Waals surface area contributed by atoms with Crippen molar-refractivity contribution >= 4 is 0 Å². The van der Waals surface area contributed by atoms with Gasteiger partial charge in [0.2, 0.25) is 0 Å². The number of unbranched alkanes of at least 4 members (excludes halogenated alkanes) is 8. The number of ether oxygens (including phenoxy) is 1. The van der Waals surface area contributed by atoms with Gasteiger partial charge in [-0.25, -0.2) is 0 Å². The first-order valence-corrected chi connectivity index (χ1v) is 20.7. The maximum atomic E-state index is 6.64. The van der Waals surface area contributed by atoms with Gasteiger partial charge in [0.25, 0.3) is 0 Å². The molecule has 2 aliphatic carbocycles. The second-order valence-corrected chi connectivity index (χ2v) is 15.7. The van der Waals surface area contributed by atoms with E-state index in [1.807, 2.05) is 12.4 Å². The van der Waals surface area contributed by atoms with Crippen LogP contribution in [0.5, 0.6) is 11.5 Å². The SMILES string of the molecule is CCCCCCCc1ncc(Oc2cnc(CCCCCCC)c(CC3CCC(CCC)CC3)c2)cc1CC1CCC(CCC)CC1. The average Bonchev–Trinajstić information content (AvgIpc) is 3.08. The van der Waals surface area contributed by atoms with Crippen LogP contribution in [-0.4, -0.2) is 9.97 Å². The summed E-state index contributed by atoms with van der Waals surface area (Å²) < 4.78 is 6.64. The number of rotatable bonds is 22. The lowest BCUT2D eigenvalue weighted by molar-refractivity contribution is 0.260. The molecule has 0 amide bonds. The highest BCUT2D eigenvalue weighted by molar-refractivity contribution is 5.36. The van der Waals surface area contributed by atoms with Crippen LogP contribution in [0.3, 0.4) is 0 Å². The monoisotopic (exact) mass is 645 g/mol. The number of aromatic nitrogens is 2. The fourth-order valence-electron chi connectivity index (χ4n) is 8.76. The molecule has 264 valence electrons. The van der Waals surface area contributed by atoms with E-state index in [0.717, 1.165) is 60.9 Å². The molecule has 0 unspecified atom stereocenters. The molecule has 0 aromatic carbocycles. The maximum Gasteiger partial charge on any atom is 0.146 e. The van der Waals surface area contributed by atoms with E-state index in [1.54, 1.807) is 0 Å². The zero-order valence-corrected chi connectivity index (χ0v) is 31.3. The van der Waals surface area contributed by atoms with Gasteiger partial charge in [-0.3, -0.25) is 9.97 Å². The molecular weight excluding hydrogens is 572 g/mol. The topological polar surface area (TPSA) is 35.0 Å². The summed E-state index contributed by atoms with van der Waals surface area (Å²) in [5.41, 5.74) is 5.52. The van der Waals surface area contributed by atoms with Gasteiger partial charge >= 0.3 is 0 Å². The van der Waals surface area contributed by atoms with Gasteiger partial charge < -0.3 is 4.74 Å². The Morgan fingerprint density at radius 1 is 0.489 bits per heavy atom. The van der Waals surface area contributed by atoms with Crippen LogP contribution in [0.25, 0.3) is 0 Å². The Balaban J connectivity index is 1.46. The summed E-state index contributed by atoms with van der Waals surface area (Å²) in [6.45, 7) is 9.28. The summed E-state index contributed by atoms with van der Waals surface area (Å²) in [5.74, 6) is 5.28. The summed E-state index contributed by atoms with van der Waals surface area (Å²) >= 11 is 0. The fourth-order valence-corrected chi connectivity index (χ4v) is 8.76. The lowest BCUT2D eigenvalue weighted by Gasteiger charge is -2.29. The van der Waals surface area contributed by atoms with Crippen molar-refractivity contribution in [1.82, 2.24) is 9.97 Å². The number of pyridine rings is 2. The molecule has 2 aliphatic rings. The zero-order valence-electron chi connectivity index (χ0n) is 31.3. The van der Waals surface area contributed by atoms with Crippen molar-refractivity contribution in [3.63, 3.8) is 0 Å². The number of hydrogen-bond donors (Lipinski definition) is 0. The minimum Gasteiger partial charge on any atom is -0.454 e. The smallest absolute Gasteiger partial charge is 0.146 e. The van der Waals surface area contributed by atoms with E-state index in [9.17, 15) is 0 Å². The normalized spacial score (nSPS) is 21.6. The van der Waals surface area contributed by atoms with Crippen molar-refractivity contribution in [2.45, 2.75) is 195 Å². The van der Waals surface area contributed by atoms with Crippen molar-refractivity contribution < 1.29 is 4.74 Å². The van der Waals surface area contributed by atoms with Crippen LogP contribution in [0.1, 0.15) is 191 Å². The summed E-state index contributed by atoms with van der Waals surface area (Å²) in [6, 6.07) is 4.70. The van der Waals surface area contributed by atoms with E-state index < -0.39 is 0 Å². The standard InChI is InChI=1S/C44H72N2O/c1-5-9-11-13-15-19-43-39(29-37-25-21-35(17-7-3)22-26-37)31-41(33-45-43)47-42-32-40(30-38-27-23-36(18-8-4)24-28-38)44(46-34-42)20-16-14-12-10-6-2/h31-38H,5-30H2,1-4H3. The Labute approximate surface area is 290 Å². The van der Waals surface area contributed by atoms with Gasteiger partial charge in [0, 0.05) is 11.4 Å². The molecule has 2 aromatic heterocycles. The number of hydrogen-bond acceptors (Lipinski definition) is 3. The predicted octanol–water partition coefficient (Wildman–Crippen LogP) is 13.6. The summed E-state index contributed by atoms with van der Waals surface area (Å²) in [5, 5.41) is 0. The highest BCUT2D eigenvalue weighted by atomic mass is 16.5. The first-order valence-electron chi connectivity index (χ1n) is 20.7. The quantitative estimate of drug-likeness (QED) is 0.120. The molecule has 2 aromatic rings. The van der Waals surface area contributed by atoms with E-state index in [1.165, 1.54) is 164 Å². The second-order valence-electron chi connectivity index (χ2n) is 15.7. The van der Waals surface area contributed by atoms with Crippen LogP contribution in [-0.2, 0) is 25.7 Å². The third kappa shape index (κ3) is 13.5. The van der Waals surface area contributed by atoms with Crippen molar-refractivity contribution in [1.29, 1.82) is 0 Å². The minimum absolute atomic E-state index is 0.788. The van der Waals surface area contributed by atoms with Gasteiger partial charge in [0.1, 0.15) is 11.5 Å². The second kappa shape index (κ2) is 21.9. The van der Waals surface area contributed by atoms with Gasteiger partial charge in [-0.05, 0) is 111 Å². The Bertz CT molecular complexity index is 1020. The number of aryl methyl sites for hydroxylation is 2. The highest BCUT2D eigenvalue weighted by Gasteiger charge is 2.24. The van der Waals surface area contributed by atoms with E-state index >= 15 is 0 Å². The van der Waals surface area contributed by atoms with Crippen LogP contribution in [0, 0.1) is 23.7 Å². The van der Waals surface area contributed by atoms with E-state index in [2.05, 4.69) is 39.8 Å². The van der Waals surface area contributed by atoms with Crippen LogP contribution < -0.4 is 4.74 Å². The lowest BCUT2D eigenvalue weighted by atomic mass is 9.77. The molecule has 2 saturated carbocycles. The van der Waals surface area contributed by atoms with Gasteiger partial charge in [-0.15, -0.1) is 0 Å². The summed E-state index contributed by atoms with van der Waals surface area (Å²) in [6.07, 6.45) is 38.3. The molecule has 0 radical (unpaired) electrons. The molecular formula is C44H72N2O. The molecule has 0 N–H and O–H groups in total. The van der Waals surface area contributed by atoms with Crippen molar-refractivity contribution in [2.75, 3.05) is 0 Å². The molecule has 4 rings (SSSR count). The Kier molecular flexibility index (Phi) is 17.7. The first kappa shape index (κ1) is 37.9. The van der Waals surface area contributed by atoms with Gasteiger partial charge in [-0.1, -0.05) is 130 Å². The number of nitrogens with zero attached hydrogens (tertiary/aromatic N) is 2. The molecule has 3 nitrogen and oxygen atoms in total. The van der Waals surface area contributed by atoms with Crippen molar-refractivity contribution in [3.8, 4) is 11.5 Å². The van der Waals surface area contributed by atoms with E-state index in [0.29, 0.717) is 0 Å². The predicted molar refractivity (Wildman–Crippen MR) is 202 cm³/mol. The third-order valence-electron chi connectivity index (χ3n) is 11.7. The summed E-state index contributed by atoms with van der Waals surface area (Å²) in [7, 11) is 0. The Morgan fingerprint density at radius 2 is 0.872 bits per heavy atom. The molecule has 0 saturated heterocycles. The van der Waals surface area contributed by atoms with E-state index in [4.69, 9.17) is 14.7 Å². The molecule has 0 aliphatic heterocycles. The van der Waals surface area contributed by atoms with Crippen LogP contribution >= 0.6 is 0 Å². The maximum absolute atomic E-state index is 6.64.